The largest absolute Gasteiger partial charge is 0.480 e. The van der Waals surface area contributed by atoms with Crippen LogP contribution in [0.2, 0.25) is 0 Å². The fourth-order valence-corrected chi connectivity index (χ4v) is 3.81. The lowest BCUT2D eigenvalue weighted by atomic mass is 9.86. The zero-order chi connectivity index (χ0) is 17.6. The summed E-state index contributed by atoms with van der Waals surface area (Å²) in [4.78, 5) is 33.0. The van der Waals surface area contributed by atoms with Gasteiger partial charge in [-0.2, -0.15) is 0 Å². The molecule has 0 aromatic carbocycles. The number of hydrogen-bond donors (Lipinski definition) is 0. The third-order valence-corrected chi connectivity index (χ3v) is 5.30. The van der Waals surface area contributed by atoms with Crippen LogP contribution in [0.5, 0.6) is 5.88 Å². The Hall–Kier alpha value is -2.11. The minimum Gasteiger partial charge on any atom is -0.480 e. The van der Waals surface area contributed by atoms with E-state index in [1.165, 1.54) is 39.2 Å². The van der Waals surface area contributed by atoms with Gasteiger partial charge < -0.3 is 14.5 Å². The SMILES string of the molecule is COc1ncccc1C(=O)N1CCN(C(=O)CC2CCCCC2)CC1. The van der Waals surface area contributed by atoms with E-state index in [9.17, 15) is 9.59 Å². The van der Waals surface area contributed by atoms with Gasteiger partial charge in [-0.15, -0.1) is 0 Å². The van der Waals surface area contributed by atoms with Crippen molar-refractivity contribution >= 4 is 11.8 Å². The maximum Gasteiger partial charge on any atom is 0.259 e. The van der Waals surface area contributed by atoms with Crippen LogP contribution >= 0.6 is 0 Å². The monoisotopic (exact) mass is 345 g/mol. The van der Waals surface area contributed by atoms with Gasteiger partial charge in [0.15, 0.2) is 0 Å². The molecule has 1 aliphatic heterocycles. The van der Waals surface area contributed by atoms with Crippen LogP contribution in [0.25, 0.3) is 0 Å². The van der Waals surface area contributed by atoms with Gasteiger partial charge in [-0.3, -0.25) is 9.59 Å². The summed E-state index contributed by atoms with van der Waals surface area (Å²) in [6.07, 6.45) is 8.47. The summed E-state index contributed by atoms with van der Waals surface area (Å²) in [6, 6.07) is 3.47. The van der Waals surface area contributed by atoms with Crippen LogP contribution in [0, 0.1) is 5.92 Å². The molecule has 1 saturated heterocycles. The molecule has 2 aliphatic rings. The Morgan fingerprint density at radius 3 is 2.48 bits per heavy atom. The van der Waals surface area contributed by atoms with E-state index in [1.54, 1.807) is 23.2 Å². The minimum absolute atomic E-state index is 0.0793. The Morgan fingerprint density at radius 2 is 1.80 bits per heavy atom. The number of nitrogens with zero attached hydrogens (tertiary/aromatic N) is 3. The van der Waals surface area contributed by atoms with Crippen molar-refractivity contribution in [3.63, 3.8) is 0 Å². The number of piperazine rings is 1. The van der Waals surface area contributed by atoms with Crippen LogP contribution < -0.4 is 4.74 Å². The number of ether oxygens (including phenoxy) is 1. The molecule has 25 heavy (non-hydrogen) atoms. The topological polar surface area (TPSA) is 62.7 Å². The van der Waals surface area contributed by atoms with E-state index in [4.69, 9.17) is 4.74 Å². The first-order chi connectivity index (χ1) is 12.2. The first kappa shape index (κ1) is 17.7. The quantitative estimate of drug-likeness (QED) is 0.840. The summed E-state index contributed by atoms with van der Waals surface area (Å²) in [5.74, 6) is 1.08. The Balaban J connectivity index is 1.52. The average molecular weight is 345 g/mol. The lowest BCUT2D eigenvalue weighted by Crippen LogP contribution is -2.51. The molecule has 2 fully saturated rings. The highest BCUT2D eigenvalue weighted by Gasteiger charge is 2.28. The molecular formula is C19H27N3O3. The Kier molecular flexibility index (Phi) is 5.89. The van der Waals surface area contributed by atoms with E-state index in [1.807, 2.05) is 4.90 Å². The summed E-state index contributed by atoms with van der Waals surface area (Å²) >= 11 is 0. The summed E-state index contributed by atoms with van der Waals surface area (Å²) in [6.45, 7) is 2.35. The van der Waals surface area contributed by atoms with Gasteiger partial charge in [-0.25, -0.2) is 4.98 Å². The van der Waals surface area contributed by atoms with Gasteiger partial charge in [-0.1, -0.05) is 19.3 Å². The third kappa shape index (κ3) is 4.30. The second-order valence-electron chi connectivity index (χ2n) is 6.94. The van der Waals surface area contributed by atoms with Crippen molar-refractivity contribution in [3.05, 3.63) is 23.9 Å². The van der Waals surface area contributed by atoms with E-state index in [0.717, 1.165) is 0 Å². The normalized spacial score (nSPS) is 18.9. The molecule has 0 radical (unpaired) electrons. The number of aromatic nitrogens is 1. The molecular weight excluding hydrogens is 318 g/mol. The van der Waals surface area contributed by atoms with Crippen LogP contribution in [-0.2, 0) is 4.79 Å². The predicted octanol–water partition coefficient (Wildman–Crippen LogP) is 2.34. The van der Waals surface area contributed by atoms with Crippen LogP contribution in [-0.4, -0.2) is 59.9 Å². The van der Waals surface area contributed by atoms with E-state index in [2.05, 4.69) is 4.98 Å². The molecule has 1 aliphatic carbocycles. The molecule has 2 heterocycles. The smallest absolute Gasteiger partial charge is 0.259 e. The van der Waals surface area contributed by atoms with Gasteiger partial charge in [0.05, 0.1) is 7.11 Å². The van der Waals surface area contributed by atoms with Crippen molar-refractivity contribution in [2.75, 3.05) is 33.3 Å². The van der Waals surface area contributed by atoms with E-state index in [-0.39, 0.29) is 11.8 Å². The highest BCUT2D eigenvalue weighted by Crippen LogP contribution is 2.27. The molecule has 1 saturated carbocycles. The van der Waals surface area contributed by atoms with Crippen molar-refractivity contribution in [2.45, 2.75) is 38.5 Å². The van der Waals surface area contributed by atoms with Gasteiger partial charge in [0.1, 0.15) is 5.56 Å². The van der Waals surface area contributed by atoms with Crippen molar-refractivity contribution < 1.29 is 14.3 Å². The summed E-state index contributed by atoms with van der Waals surface area (Å²) in [5.41, 5.74) is 0.479. The Bertz CT molecular complexity index is 606. The maximum absolute atomic E-state index is 12.7. The highest BCUT2D eigenvalue weighted by atomic mass is 16.5. The van der Waals surface area contributed by atoms with Crippen molar-refractivity contribution in [2.24, 2.45) is 5.92 Å². The molecule has 0 unspecified atom stereocenters. The molecule has 1 aromatic rings. The summed E-state index contributed by atoms with van der Waals surface area (Å²) in [7, 11) is 1.51. The van der Waals surface area contributed by atoms with Gasteiger partial charge in [-0.05, 0) is 30.9 Å². The number of carbonyl (C=O) groups is 2. The second-order valence-corrected chi connectivity index (χ2v) is 6.94. The molecule has 0 atom stereocenters. The van der Waals surface area contributed by atoms with Crippen LogP contribution in [0.15, 0.2) is 18.3 Å². The number of methoxy groups -OCH3 is 1. The summed E-state index contributed by atoms with van der Waals surface area (Å²) in [5, 5.41) is 0. The van der Waals surface area contributed by atoms with Crippen molar-refractivity contribution in [1.82, 2.24) is 14.8 Å². The number of amides is 2. The van der Waals surface area contributed by atoms with Crippen molar-refractivity contribution in [3.8, 4) is 5.88 Å². The highest BCUT2D eigenvalue weighted by molar-refractivity contribution is 5.96. The van der Waals surface area contributed by atoms with Crippen molar-refractivity contribution in [1.29, 1.82) is 0 Å². The first-order valence-electron chi connectivity index (χ1n) is 9.25. The zero-order valence-corrected chi connectivity index (χ0v) is 14.9. The first-order valence-corrected chi connectivity index (χ1v) is 9.25. The van der Waals surface area contributed by atoms with E-state index < -0.39 is 0 Å². The zero-order valence-electron chi connectivity index (χ0n) is 14.9. The number of hydrogen-bond acceptors (Lipinski definition) is 4. The molecule has 1 aromatic heterocycles. The van der Waals surface area contributed by atoms with Gasteiger partial charge in [0.25, 0.3) is 5.91 Å². The van der Waals surface area contributed by atoms with Gasteiger partial charge >= 0.3 is 0 Å². The van der Waals surface area contributed by atoms with Crippen LogP contribution in [0.1, 0.15) is 48.9 Å². The van der Waals surface area contributed by atoms with E-state index in [0.29, 0.717) is 50.0 Å². The fraction of sp³-hybridized carbons (Fsp3) is 0.632. The standard InChI is InChI=1S/C19H27N3O3/c1-25-18-16(8-5-9-20-18)19(24)22-12-10-21(11-13-22)17(23)14-15-6-3-2-4-7-15/h5,8-9,15H,2-4,6-7,10-14H2,1H3. The lowest BCUT2D eigenvalue weighted by molar-refractivity contribution is -0.133. The molecule has 0 spiro atoms. The Morgan fingerprint density at radius 1 is 1.12 bits per heavy atom. The van der Waals surface area contributed by atoms with Crippen LogP contribution in [0.3, 0.4) is 0 Å². The maximum atomic E-state index is 12.7. The number of rotatable bonds is 4. The number of carbonyl (C=O) groups excluding carboxylic acids is 2. The molecule has 6 heteroatoms. The predicted molar refractivity (Wildman–Crippen MR) is 94.5 cm³/mol. The average Bonchev–Trinajstić information content (AvgIpc) is 2.68. The molecule has 136 valence electrons. The fourth-order valence-electron chi connectivity index (χ4n) is 3.81. The molecule has 2 amide bonds. The van der Waals surface area contributed by atoms with Crippen LogP contribution in [0.4, 0.5) is 0 Å². The molecule has 6 nitrogen and oxygen atoms in total. The molecule has 3 rings (SSSR count). The molecule has 0 N–H and O–H groups in total. The lowest BCUT2D eigenvalue weighted by Gasteiger charge is -2.35. The van der Waals surface area contributed by atoms with Gasteiger partial charge in [0, 0.05) is 38.8 Å². The van der Waals surface area contributed by atoms with E-state index >= 15 is 0 Å². The van der Waals surface area contributed by atoms with Gasteiger partial charge in [0.2, 0.25) is 11.8 Å². The summed E-state index contributed by atoms with van der Waals surface area (Å²) < 4.78 is 5.18. The minimum atomic E-state index is -0.0793. The third-order valence-electron chi connectivity index (χ3n) is 5.30. The number of pyridine rings is 1. The molecule has 0 bridgehead atoms. The second kappa shape index (κ2) is 8.32. The Labute approximate surface area is 149 Å².